The van der Waals surface area contributed by atoms with Gasteiger partial charge in [0.1, 0.15) is 17.8 Å². The number of carbonyl (C=O) groups excluding carboxylic acids is 2. The number of β-lactam (4-membered cyclic amide) rings is 1. The average Bonchev–Trinajstić information content (AvgIpc) is 3.12. The Kier molecular flexibility index (Phi) is 7.11. The summed E-state index contributed by atoms with van der Waals surface area (Å²) in [6.07, 6.45) is -1.11. The van der Waals surface area contributed by atoms with E-state index in [1.165, 1.54) is 16.7 Å². The molecule has 1 amide bonds. The monoisotopic (exact) mass is 456 g/mol. The van der Waals surface area contributed by atoms with E-state index in [-0.39, 0.29) is 57.3 Å². The number of carbonyl (C=O) groups is 2. The fourth-order valence-corrected chi connectivity index (χ4v) is 6.04. The van der Waals surface area contributed by atoms with E-state index in [1.807, 2.05) is 47.8 Å². The molecule has 3 heterocycles. The van der Waals surface area contributed by atoms with Gasteiger partial charge >= 0.3 is 51.4 Å². The molecule has 0 saturated carbocycles. The van der Waals surface area contributed by atoms with Crippen molar-refractivity contribution in [3.05, 3.63) is 30.1 Å². The summed E-state index contributed by atoms with van der Waals surface area (Å²) in [5.41, 5.74) is 1.66. The minimum atomic E-state index is -1.26. The number of aromatic nitrogens is 2. The van der Waals surface area contributed by atoms with Crippen molar-refractivity contribution in [2.45, 2.75) is 42.7 Å². The first-order valence-electron chi connectivity index (χ1n) is 9.62. The maximum atomic E-state index is 12.9. The molecule has 0 aliphatic carbocycles. The Bertz CT molecular complexity index is 979. The molecule has 1 aromatic carbocycles. The molecule has 0 spiro atoms. The molecule has 1 aromatic heterocycles. The van der Waals surface area contributed by atoms with Crippen LogP contribution in [0.2, 0.25) is 0 Å². The van der Waals surface area contributed by atoms with Crippen molar-refractivity contribution < 1.29 is 71.2 Å². The molecule has 8 nitrogen and oxygen atoms in total. The zero-order valence-electron chi connectivity index (χ0n) is 17.9. The van der Waals surface area contributed by atoms with Crippen molar-refractivity contribution in [1.82, 2.24) is 19.4 Å². The van der Waals surface area contributed by atoms with Crippen LogP contribution in [0.15, 0.2) is 24.3 Å². The van der Waals surface area contributed by atoms with Crippen LogP contribution < -0.4 is 56.5 Å². The van der Waals surface area contributed by atoms with Gasteiger partial charge in [-0.2, -0.15) is 0 Å². The number of thioether (sulfide) groups is 1. The number of carboxylic acids is 1. The first-order chi connectivity index (χ1) is 13.6. The van der Waals surface area contributed by atoms with Gasteiger partial charge in [-0.1, -0.05) is 12.1 Å². The topological polar surface area (TPSA) is 102 Å². The molecule has 0 bridgehead atoms. The van der Waals surface area contributed by atoms with Gasteiger partial charge in [-0.25, -0.2) is 4.98 Å². The van der Waals surface area contributed by atoms with Crippen molar-refractivity contribution in [2.24, 2.45) is 5.92 Å². The van der Waals surface area contributed by atoms with E-state index in [2.05, 4.69) is 4.98 Å². The summed E-state index contributed by atoms with van der Waals surface area (Å²) in [5.74, 6) is -1.90. The molecule has 0 radical (unpaired) electrons. The van der Waals surface area contributed by atoms with Gasteiger partial charge in [0.15, 0.2) is 0 Å². The minimum Gasteiger partial charge on any atom is -0.548 e. The van der Waals surface area contributed by atoms with Crippen LogP contribution in [0, 0.1) is 5.92 Å². The number of aliphatic carboxylic acids is 1. The van der Waals surface area contributed by atoms with E-state index in [1.54, 1.807) is 13.8 Å². The smallest absolute Gasteiger partial charge is 0.548 e. The van der Waals surface area contributed by atoms with Crippen LogP contribution in [0.25, 0.3) is 11.0 Å². The first-order valence-corrected chi connectivity index (χ1v) is 10.5. The van der Waals surface area contributed by atoms with Crippen LogP contribution >= 0.6 is 11.8 Å². The minimum absolute atomic E-state index is 0. The van der Waals surface area contributed by atoms with Crippen molar-refractivity contribution in [3.8, 4) is 0 Å². The Balaban J connectivity index is 0.00000256. The van der Waals surface area contributed by atoms with E-state index >= 15 is 0 Å². The van der Waals surface area contributed by atoms with Crippen LogP contribution in [0.5, 0.6) is 0 Å². The number of likely N-dealkylation sites (N-methyl/N-ethyl adjacent to an activating group) is 1. The Morgan fingerprint density at radius 1 is 1.37 bits per heavy atom. The molecule has 2 saturated heterocycles. The van der Waals surface area contributed by atoms with Crippen molar-refractivity contribution in [3.63, 3.8) is 0 Å². The van der Waals surface area contributed by atoms with Gasteiger partial charge in [0, 0.05) is 17.8 Å². The SMILES string of the molecule is CN(C)CCn1c([C@@H](O)[C@@H]2C(=O)N3[C@@H]2SC(C)(C)[C@@H]3C(=O)[O-])nc2ccccc21.[K+]. The number of carboxylic acid groups (broad SMARTS) is 1. The predicted octanol–water partition coefficient (Wildman–Crippen LogP) is -2.94. The number of aliphatic hydroxyl groups is 1. The maximum absolute atomic E-state index is 12.9. The Morgan fingerprint density at radius 3 is 2.67 bits per heavy atom. The summed E-state index contributed by atoms with van der Waals surface area (Å²) >= 11 is 1.40. The molecule has 2 fully saturated rings. The third-order valence-electron chi connectivity index (χ3n) is 5.77. The average molecular weight is 457 g/mol. The number of amides is 1. The van der Waals surface area contributed by atoms with Gasteiger partial charge in [0.25, 0.3) is 0 Å². The fraction of sp³-hybridized carbons (Fsp3) is 0.550. The van der Waals surface area contributed by atoms with E-state index < -0.39 is 34.2 Å². The number of hydrogen-bond acceptors (Lipinski definition) is 7. The Hall–Kier alpha value is -0.464. The molecule has 30 heavy (non-hydrogen) atoms. The Labute approximate surface area is 222 Å². The molecule has 4 atom stereocenters. The van der Waals surface area contributed by atoms with Gasteiger partial charge in [0.2, 0.25) is 5.91 Å². The second kappa shape index (κ2) is 8.82. The summed E-state index contributed by atoms with van der Waals surface area (Å²) in [4.78, 5) is 32.5. The van der Waals surface area contributed by atoms with Crippen molar-refractivity contribution in [2.75, 3.05) is 20.6 Å². The maximum Gasteiger partial charge on any atom is 1.00 e. The number of aliphatic hydroxyl groups excluding tert-OH is 1. The molecular weight excluding hydrogens is 431 g/mol. The summed E-state index contributed by atoms with van der Waals surface area (Å²) in [5, 5.41) is 22.4. The number of nitrogens with zero attached hydrogens (tertiary/aromatic N) is 4. The predicted molar refractivity (Wildman–Crippen MR) is 108 cm³/mol. The first kappa shape index (κ1) is 24.2. The molecule has 156 valence electrons. The largest absolute Gasteiger partial charge is 1.00 e. The number of rotatable bonds is 6. The number of para-hydroxylation sites is 2. The standard InChI is InChI=1S/C20H26N4O4S.K/c1-20(2)15(19(27)28)24-17(26)13(18(24)29-20)14(25)16-21-11-7-5-6-8-12(11)23(16)10-9-22(3)4;/h5-8,13-15,18,25H,9-10H2,1-4H3,(H,27,28);/q;+1/p-1/t13-,14+,15+,18-;/m1./s1. The van der Waals surface area contributed by atoms with E-state index in [4.69, 9.17) is 0 Å². The molecule has 1 N–H and O–H groups in total. The molecule has 2 aliphatic heterocycles. The molecule has 0 unspecified atom stereocenters. The van der Waals surface area contributed by atoms with E-state index in [9.17, 15) is 19.8 Å². The van der Waals surface area contributed by atoms with Crippen molar-refractivity contribution in [1.29, 1.82) is 0 Å². The van der Waals surface area contributed by atoms with Gasteiger partial charge in [-0.3, -0.25) is 4.79 Å². The zero-order valence-corrected chi connectivity index (χ0v) is 21.8. The normalized spacial score (nSPS) is 25.7. The molecule has 4 rings (SSSR count). The van der Waals surface area contributed by atoms with E-state index in [0.29, 0.717) is 12.4 Å². The third kappa shape index (κ3) is 3.90. The summed E-state index contributed by atoms with van der Waals surface area (Å²) in [7, 11) is 3.94. The van der Waals surface area contributed by atoms with Crippen LogP contribution in [0.3, 0.4) is 0 Å². The second-order valence-electron chi connectivity index (χ2n) is 8.46. The molecular formula is C20H25KN4O4S. The number of benzene rings is 1. The molecule has 2 aromatic rings. The summed E-state index contributed by atoms with van der Waals surface area (Å²) < 4.78 is 1.27. The quantitative estimate of drug-likeness (QED) is 0.367. The van der Waals surface area contributed by atoms with Crippen LogP contribution in [-0.2, 0) is 16.1 Å². The van der Waals surface area contributed by atoms with E-state index in [0.717, 1.165) is 17.6 Å². The molecule has 10 heteroatoms. The van der Waals surface area contributed by atoms with Gasteiger partial charge in [-0.15, -0.1) is 11.8 Å². The number of imidazole rings is 1. The summed E-state index contributed by atoms with van der Waals surface area (Å²) in [6.45, 7) is 4.96. The van der Waals surface area contributed by atoms with Crippen molar-refractivity contribution >= 4 is 34.7 Å². The van der Waals surface area contributed by atoms with Gasteiger partial charge in [0.05, 0.1) is 28.4 Å². The third-order valence-corrected chi connectivity index (χ3v) is 7.36. The van der Waals surface area contributed by atoms with Crippen LogP contribution in [-0.4, -0.2) is 73.1 Å². The van der Waals surface area contributed by atoms with Gasteiger partial charge < -0.3 is 29.4 Å². The second-order valence-corrected chi connectivity index (χ2v) is 10.2. The Morgan fingerprint density at radius 2 is 2.03 bits per heavy atom. The van der Waals surface area contributed by atoms with Crippen LogP contribution in [0.1, 0.15) is 25.8 Å². The van der Waals surface area contributed by atoms with Gasteiger partial charge in [-0.05, 0) is 40.1 Å². The number of hydrogen-bond donors (Lipinski definition) is 1. The van der Waals surface area contributed by atoms with Crippen LogP contribution in [0.4, 0.5) is 0 Å². The number of fused-ring (bicyclic) bond motifs is 2. The summed E-state index contributed by atoms with van der Waals surface area (Å²) in [6, 6.07) is 6.63. The zero-order chi connectivity index (χ0) is 21.1. The fourth-order valence-electron chi connectivity index (χ4n) is 4.33. The molecule has 2 aliphatic rings.